The largest absolute Gasteiger partial charge is 0.477 e. The minimum absolute atomic E-state index is 0.318. The molecule has 0 unspecified atom stereocenters. The number of carboxylic acids is 1. The maximum absolute atomic E-state index is 10.6. The Balaban J connectivity index is 1.84. The van der Waals surface area contributed by atoms with Gasteiger partial charge < -0.3 is 10.4 Å². The minimum Gasteiger partial charge on any atom is -0.477 e. The van der Waals surface area contributed by atoms with E-state index in [0.29, 0.717) is 17.5 Å². The van der Waals surface area contributed by atoms with E-state index in [-0.39, 0.29) is 0 Å². The number of hydrogen-bond acceptors (Lipinski definition) is 4. The second-order valence-corrected chi connectivity index (χ2v) is 4.65. The van der Waals surface area contributed by atoms with E-state index >= 15 is 0 Å². The van der Waals surface area contributed by atoms with Crippen molar-refractivity contribution in [3.63, 3.8) is 0 Å². The third kappa shape index (κ3) is 2.76. The van der Waals surface area contributed by atoms with Crippen molar-refractivity contribution in [1.82, 2.24) is 9.69 Å². The molecule has 82 valence electrons. The molecule has 0 aromatic carbocycles. The molecule has 0 spiro atoms. The summed E-state index contributed by atoms with van der Waals surface area (Å²) in [5, 5.41) is 12.1. The highest BCUT2D eigenvalue weighted by molar-refractivity contribution is 7.08. The number of carbonyl (C=O) groups is 1. The van der Waals surface area contributed by atoms with Gasteiger partial charge in [0, 0.05) is 12.6 Å². The lowest BCUT2D eigenvalue weighted by Crippen LogP contribution is -2.25. The summed E-state index contributed by atoms with van der Waals surface area (Å²) in [6.45, 7) is 0.689. The summed E-state index contributed by atoms with van der Waals surface area (Å²) in [7, 11) is 0. The van der Waals surface area contributed by atoms with Gasteiger partial charge >= 0.3 is 5.97 Å². The Morgan fingerprint density at radius 3 is 2.93 bits per heavy atom. The Morgan fingerprint density at radius 1 is 1.60 bits per heavy atom. The number of nitrogens with one attached hydrogen (secondary N) is 1. The van der Waals surface area contributed by atoms with Crippen LogP contribution in [0.2, 0.25) is 0 Å². The Morgan fingerprint density at radius 2 is 2.33 bits per heavy atom. The van der Waals surface area contributed by atoms with Crippen LogP contribution in [0.3, 0.4) is 0 Å². The zero-order valence-corrected chi connectivity index (χ0v) is 9.22. The maximum Gasteiger partial charge on any atom is 0.347 e. The highest BCUT2D eigenvalue weighted by Crippen LogP contribution is 2.18. The predicted octanol–water partition coefficient (Wildman–Crippen LogP) is 1.87. The first-order valence-electron chi connectivity index (χ1n) is 5.18. The molecule has 0 amide bonds. The third-order valence-electron chi connectivity index (χ3n) is 2.70. The molecule has 1 fully saturated rings. The molecule has 0 aliphatic heterocycles. The van der Waals surface area contributed by atoms with Crippen molar-refractivity contribution in [3.8, 4) is 0 Å². The number of nitrogens with zero attached hydrogens (tertiary/aromatic N) is 1. The van der Waals surface area contributed by atoms with E-state index in [9.17, 15) is 4.79 Å². The van der Waals surface area contributed by atoms with Gasteiger partial charge in [0.15, 0.2) is 0 Å². The van der Waals surface area contributed by atoms with Crippen LogP contribution in [0, 0.1) is 0 Å². The molecule has 0 bridgehead atoms. The van der Waals surface area contributed by atoms with Crippen LogP contribution >= 0.6 is 11.5 Å². The summed E-state index contributed by atoms with van der Waals surface area (Å²) in [6, 6.07) is 2.24. The smallest absolute Gasteiger partial charge is 0.347 e. The van der Waals surface area contributed by atoms with Gasteiger partial charge in [-0.05, 0) is 30.4 Å². The van der Waals surface area contributed by atoms with Crippen LogP contribution in [0.5, 0.6) is 0 Å². The van der Waals surface area contributed by atoms with Gasteiger partial charge in [0.1, 0.15) is 4.88 Å². The van der Waals surface area contributed by atoms with Gasteiger partial charge in [-0.1, -0.05) is 12.8 Å². The molecule has 15 heavy (non-hydrogen) atoms. The molecule has 1 aromatic heterocycles. The summed E-state index contributed by atoms with van der Waals surface area (Å²) in [4.78, 5) is 10.9. The van der Waals surface area contributed by atoms with E-state index in [1.165, 1.54) is 25.7 Å². The van der Waals surface area contributed by atoms with Gasteiger partial charge in [-0.15, -0.1) is 0 Å². The predicted molar refractivity (Wildman–Crippen MR) is 58.2 cm³/mol. The highest BCUT2D eigenvalue weighted by Gasteiger charge is 2.15. The zero-order chi connectivity index (χ0) is 10.7. The highest BCUT2D eigenvalue weighted by atomic mass is 32.1. The van der Waals surface area contributed by atoms with Gasteiger partial charge in [-0.25, -0.2) is 4.79 Å². The monoisotopic (exact) mass is 226 g/mol. The van der Waals surface area contributed by atoms with E-state index in [1.54, 1.807) is 6.07 Å². The lowest BCUT2D eigenvalue weighted by molar-refractivity contribution is 0.0702. The van der Waals surface area contributed by atoms with E-state index in [1.807, 2.05) is 0 Å². The lowest BCUT2D eigenvalue weighted by Gasteiger charge is -2.09. The van der Waals surface area contributed by atoms with Gasteiger partial charge in [-0.3, -0.25) is 0 Å². The topological polar surface area (TPSA) is 62.2 Å². The summed E-state index contributed by atoms with van der Waals surface area (Å²) in [6.07, 6.45) is 5.07. The fraction of sp³-hybridized carbons (Fsp3) is 0.600. The molecule has 1 aromatic rings. The molecule has 0 atom stereocenters. The molecular formula is C10H14N2O2S. The van der Waals surface area contributed by atoms with Crippen molar-refractivity contribution in [3.05, 3.63) is 16.6 Å². The van der Waals surface area contributed by atoms with Crippen LogP contribution in [0.15, 0.2) is 6.07 Å². The van der Waals surface area contributed by atoms with Crippen molar-refractivity contribution >= 4 is 17.5 Å². The second-order valence-electron chi connectivity index (χ2n) is 3.85. The number of aromatic nitrogens is 1. The molecule has 2 N–H and O–H groups in total. The summed E-state index contributed by atoms with van der Waals surface area (Å²) < 4.78 is 4.10. The second kappa shape index (κ2) is 4.72. The molecule has 1 saturated carbocycles. The number of rotatable bonds is 4. The molecule has 1 heterocycles. The van der Waals surface area contributed by atoms with Crippen LogP contribution in [-0.4, -0.2) is 21.5 Å². The summed E-state index contributed by atoms with van der Waals surface area (Å²) in [5.41, 5.74) is 0.837. The molecule has 0 saturated heterocycles. The third-order valence-corrected chi connectivity index (χ3v) is 3.51. The van der Waals surface area contributed by atoms with Crippen molar-refractivity contribution in [2.24, 2.45) is 0 Å². The maximum atomic E-state index is 10.6. The Hall–Kier alpha value is -0.940. The number of aromatic carboxylic acids is 1. The van der Waals surface area contributed by atoms with Gasteiger partial charge in [-0.2, -0.15) is 4.37 Å². The van der Waals surface area contributed by atoms with E-state index in [4.69, 9.17) is 5.11 Å². The van der Waals surface area contributed by atoms with Gasteiger partial charge in [0.25, 0.3) is 0 Å². The summed E-state index contributed by atoms with van der Waals surface area (Å²) >= 11 is 1.05. The first-order chi connectivity index (χ1) is 7.25. The standard InChI is InChI=1S/C10H14N2O2S/c13-10(14)9-5-8(12-15-9)6-11-7-3-1-2-4-7/h5,7,11H,1-4,6H2,(H,13,14). The quantitative estimate of drug-likeness (QED) is 0.822. The van der Waals surface area contributed by atoms with E-state index < -0.39 is 5.97 Å². The first kappa shape index (κ1) is 10.6. The van der Waals surface area contributed by atoms with Crippen LogP contribution < -0.4 is 5.32 Å². The van der Waals surface area contributed by atoms with Crippen LogP contribution in [-0.2, 0) is 6.54 Å². The van der Waals surface area contributed by atoms with Crippen molar-refractivity contribution in [1.29, 1.82) is 0 Å². The van der Waals surface area contributed by atoms with Gasteiger partial charge in [0.2, 0.25) is 0 Å². The average molecular weight is 226 g/mol. The van der Waals surface area contributed by atoms with Crippen molar-refractivity contribution in [2.75, 3.05) is 0 Å². The van der Waals surface area contributed by atoms with E-state index in [2.05, 4.69) is 9.69 Å². The molecular weight excluding hydrogens is 212 g/mol. The van der Waals surface area contributed by atoms with Crippen LogP contribution in [0.25, 0.3) is 0 Å². The van der Waals surface area contributed by atoms with Crippen molar-refractivity contribution < 1.29 is 9.90 Å². The Labute approximate surface area is 92.5 Å². The molecule has 5 heteroatoms. The molecule has 0 radical (unpaired) electrons. The molecule has 2 rings (SSSR count). The van der Waals surface area contributed by atoms with E-state index in [0.717, 1.165) is 17.2 Å². The fourth-order valence-electron chi connectivity index (χ4n) is 1.87. The lowest BCUT2D eigenvalue weighted by atomic mass is 10.2. The van der Waals surface area contributed by atoms with Gasteiger partial charge in [0.05, 0.1) is 5.69 Å². The fourth-order valence-corrected chi connectivity index (χ4v) is 2.47. The summed E-state index contributed by atoms with van der Waals surface area (Å²) in [5.74, 6) is -0.889. The molecule has 1 aliphatic carbocycles. The zero-order valence-electron chi connectivity index (χ0n) is 8.40. The number of carboxylic acid groups (broad SMARTS) is 1. The normalized spacial score (nSPS) is 17.1. The SMILES string of the molecule is O=C(O)c1cc(CNC2CCCC2)ns1. The minimum atomic E-state index is -0.889. The van der Waals surface area contributed by atoms with Crippen molar-refractivity contribution in [2.45, 2.75) is 38.3 Å². The molecule has 1 aliphatic rings. The Kier molecular flexibility index (Phi) is 3.33. The van der Waals surface area contributed by atoms with Crippen LogP contribution in [0.4, 0.5) is 0 Å². The Bertz CT molecular complexity index is 345. The van der Waals surface area contributed by atoms with Crippen LogP contribution in [0.1, 0.15) is 41.0 Å². The molecule has 4 nitrogen and oxygen atoms in total. The first-order valence-corrected chi connectivity index (χ1v) is 5.95. The average Bonchev–Trinajstić information content (AvgIpc) is 2.86. The number of hydrogen-bond donors (Lipinski definition) is 2.